The number of nitrogens with zero attached hydrogens (tertiary/aromatic N) is 2. The second-order valence-corrected chi connectivity index (χ2v) is 4.81. The molecule has 21 heavy (non-hydrogen) atoms. The number of hydrogen-bond donors (Lipinski definition) is 0. The molecular weight excluding hydrogens is 260 g/mol. The zero-order chi connectivity index (χ0) is 15.1. The Balaban J connectivity index is 2.28. The fourth-order valence-corrected chi connectivity index (χ4v) is 2.35. The van der Waals surface area contributed by atoms with E-state index >= 15 is 0 Å². The lowest BCUT2D eigenvalue weighted by Gasteiger charge is -2.18. The van der Waals surface area contributed by atoms with Crippen molar-refractivity contribution in [1.82, 2.24) is 0 Å². The minimum Gasteiger partial charge on any atom is -0.497 e. The van der Waals surface area contributed by atoms with Gasteiger partial charge in [-0.15, -0.1) is 0 Å². The van der Waals surface area contributed by atoms with Crippen molar-refractivity contribution in [2.45, 2.75) is 12.3 Å². The van der Waals surface area contributed by atoms with E-state index in [1.54, 1.807) is 7.11 Å². The number of benzene rings is 2. The molecule has 0 bridgehead atoms. The number of hydrogen-bond acceptors (Lipinski definition) is 3. The molecule has 1 unspecified atom stereocenters. The third-order valence-electron chi connectivity index (χ3n) is 3.52. The van der Waals surface area contributed by atoms with Crippen molar-refractivity contribution < 1.29 is 4.74 Å². The van der Waals surface area contributed by atoms with E-state index in [2.05, 4.69) is 12.1 Å². The molecule has 0 fully saturated rings. The lowest BCUT2D eigenvalue weighted by molar-refractivity contribution is 0.414. The molecule has 2 rings (SSSR count). The van der Waals surface area contributed by atoms with E-state index in [9.17, 15) is 10.5 Å². The summed E-state index contributed by atoms with van der Waals surface area (Å²) in [6, 6.07) is 21.7. The third-order valence-corrected chi connectivity index (χ3v) is 3.52. The molecule has 0 N–H and O–H groups in total. The minimum atomic E-state index is -0.658. The van der Waals surface area contributed by atoms with Crippen LogP contribution in [0.2, 0.25) is 0 Å². The van der Waals surface area contributed by atoms with Crippen LogP contribution in [0.4, 0.5) is 0 Å². The Labute approximate surface area is 125 Å². The SMILES string of the molecule is COc1ccc(CC(c2ccccc2)C(C#N)C#N)cc1. The van der Waals surface area contributed by atoms with Gasteiger partial charge in [-0.25, -0.2) is 0 Å². The highest BCUT2D eigenvalue weighted by Gasteiger charge is 2.23. The van der Waals surface area contributed by atoms with Gasteiger partial charge in [0.2, 0.25) is 0 Å². The first kappa shape index (κ1) is 14.6. The largest absolute Gasteiger partial charge is 0.497 e. The summed E-state index contributed by atoms with van der Waals surface area (Å²) >= 11 is 0. The Morgan fingerprint density at radius 3 is 2.10 bits per heavy atom. The molecule has 0 saturated carbocycles. The Morgan fingerprint density at radius 1 is 0.952 bits per heavy atom. The molecule has 0 radical (unpaired) electrons. The normalized spacial score (nSPS) is 11.4. The predicted molar refractivity (Wildman–Crippen MR) is 80.6 cm³/mol. The van der Waals surface area contributed by atoms with Crippen LogP contribution in [0.25, 0.3) is 0 Å². The lowest BCUT2D eigenvalue weighted by atomic mass is 9.83. The van der Waals surface area contributed by atoms with E-state index in [0.717, 1.165) is 16.9 Å². The van der Waals surface area contributed by atoms with E-state index in [1.165, 1.54) is 0 Å². The van der Waals surface area contributed by atoms with Crippen molar-refractivity contribution in [3.8, 4) is 17.9 Å². The molecule has 2 aromatic carbocycles. The topological polar surface area (TPSA) is 56.8 Å². The van der Waals surface area contributed by atoms with Gasteiger partial charge in [-0.05, 0) is 29.7 Å². The summed E-state index contributed by atoms with van der Waals surface area (Å²) in [6.45, 7) is 0. The maximum atomic E-state index is 9.23. The van der Waals surface area contributed by atoms with Gasteiger partial charge >= 0.3 is 0 Å². The average molecular weight is 276 g/mol. The first-order chi connectivity index (χ1) is 10.3. The molecule has 1 atom stereocenters. The minimum absolute atomic E-state index is 0.130. The number of methoxy groups -OCH3 is 1. The summed E-state index contributed by atoms with van der Waals surface area (Å²) in [4.78, 5) is 0. The zero-order valence-electron chi connectivity index (χ0n) is 11.9. The molecular formula is C18H16N2O. The van der Waals surface area contributed by atoms with Gasteiger partial charge in [0.1, 0.15) is 11.7 Å². The molecule has 0 aliphatic heterocycles. The average Bonchev–Trinajstić information content (AvgIpc) is 2.56. The molecule has 0 aliphatic rings. The third kappa shape index (κ3) is 3.61. The van der Waals surface area contributed by atoms with Crippen LogP contribution in [-0.2, 0) is 6.42 Å². The molecule has 0 saturated heterocycles. The predicted octanol–water partition coefficient (Wildman–Crippen LogP) is 3.68. The van der Waals surface area contributed by atoms with E-state index in [-0.39, 0.29) is 5.92 Å². The van der Waals surface area contributed by atoms with Crippen molar-refractivity contribution in [1.29, 1.82) is 10.5 Å². The second kappa shape index (κ2) is 7.12. The van der Waals surface area contributed by atoms with Crippen molar-refractivity contribution in [3.05, 3.63) is 65.7 Å². The summed E-state index contributed by atoms with van der Waals surface area (Å²) in [6.07, 6.45) is 0.653. The van der Waals surface area contributed by atoms with Crippen LogP contribution < -0.4 is 4.74 Å². The van der Waals surface area contributed by atoms with Gasteiger partial charge in [0.05, 0.1) is 19.2 Å². The van der Waals surface area contributed by atoms with Gasteiger partial charge in [-0.2, -0.15) is 10.5 Å². The molecule has 0 aromatic heterocycles. The molecule has 0 amide bonds. The highest BCUT2D eigenvalue weighted by atomic mass is 16.5. The van der Waals surface area contributed by atoms with Crippen LogP contribution >= 0.6 is 0 Å². The Hall–Kier alpha value is -2.78. The van der Waals surface area contributed by atoms with E-state index in [1.807, 2.05) is 54.6 Å². The first-order valence-electron chi connectivity index (χ1n) is 6.75. The van der Waals surface area contributed by atoms with Crippen molar-refractivity contribution >= 4 is 0 Å². The summed E-state index contributed by atoms with van der Waals surface area (Å²) in [7, 11) is 1.63. The summed E-state index contributed by atoms with van der Waals surface area (Å²) in [5, 5.41) is 18.5. The standard InChI is InChI=1S/C18H16N2O/c1-21-17-9-7-14(8-10-17)11-18(16(12-19)13-20)15-5-3-2-4-6-15/h2-10,16,18H,11H2,1H3. The van der Waals surface area contributed by atoms with Gasteiger partial charge in [0, 0.05) is 5.92 Å². The quantitative estimate of drug-likeness (QED) is 0.837. The maximum absolute atomic E-state index is 9.23. The number of rotatable bonds is 5. The molecule has 0 heterocycles. The highest BCUT2D eigenvalue weighted by molar-refractivity contribution is 5.32. The van der Waals surface area contributed by atoms with Gasteiger partial charge in [0.15, 0.2) is 0 Å². The van der Waals surface area contributed by atoms with Crippen LogP contribution in [0.3, 0.4) is 0 Å². The first-order valence-corrected chi connectivity index (χ1v) is 6.75. The smallest absolute Gasteiger partial charge is 0.140 e. The van der Waals surface area contributed by atoms with Crippen LogP contribution in [0.1, 0.15) is 17.0 Å². The molecule has 3 heteroatoms. The van der Waals surface area contributed by atoms with Crippen LogP contribution in [0.5, 0.6) is 5.75 Å². The van der Waals surface area contributed by atoms with E-state index in [4.69, 9.17) is 4.74 Å². The Morgan fingerprint density at radius 2 is 1.57 bits per heavy atom. The van der Waals surface area contributed by atoms with Crippen molar-refractivity contribution in [2.24, 2.45) is 5.92 Å². The maximum Gasteiger partial charge on any atom is 0.140 e. The molecule has 104 valence electrons. The Kier molecular flexibility index (Phi) is 4.96. The Bertz CT molecular complexity index is 636. The van der Waals surface area contributed by atoms with E-state index in [0.29, 0.717) is 6.42 Å². The molecule has 0 spiro atoms. The lowest BCUT2D eigenvalue weighted by Crippen LogP contribution is -2.12. The van der Waals surface area contributed by atoms with Gasteiger partial charge in [0.25, 0.3) is 0 Å². The second-order valence-electron chi connectivity index (χ2n) is 4.81. The van der Waals surface area contributed by atoms with Crippen molar-refractivity contribution in [3.63, 3.8) is 0 Å². The summed E-state index contributed by atoms with van der Waals surface area (Å²) in [5.74, 6) is 0.0104. The van der Waals surface area contributed by atoms with Gasteiger partial charge in [-0.1, -0.05) is 42.5 Å². The monoisotopic (exact) mass is 276 g/mol. The van der Waals surface area contributed by atoms with Crippen LogP contribution in [-0.4, -0.2) is 7.11 Å². The zero-order valence-corrected chi connectivity index (χ0v) is 11.9. The molecule has 0 aliphatic carbocycles. The van der Waals surface area contributed by atoms with E-state index < -0.39 is 5.92 Å². The fourth-order valence-electron chi connectivity index (χ4n) is 2.35. The molecule has 3 nitrogen and oxygen atoms in total. The van der Waals surface area contributed by atoms with Gasteiger partial charge < -0.3 is 4.74 Å². The fraction of sp³-hybridized carbons (Fsp3) is 0.222. The van der Waals surface area contributed by atoms with Gasteiger partial charge in [-0.3, -0.25) is 0 Å². The summed E-state index contributed by atoms with van der Waals surface area (Å²) < 4.78 is 5.14. The summed E-state index contributed by atoms with van der Waals surface area (Å²) in [5.41, 5.74) is 2.10. The highest BCUT2D eigenvalue weighted by Crippen LogP contribution is 2.28. The number of ether oxygens (including phenoxy) is 1. The molecule has 2 aromatic rings. The van der Waals surface area contributed by atoms with Crippen LogP contribution in [0, 0.1) is 28.6 Å². The number of nitriles is 2. The van der Waals surface area contributed by atoms with Crippen LogP contribution in [0.15, 0.2) is 54.6 Å². The van der Waals surface area contributed by atoms with Crippen molar-refractivity contribution in [2.75, 3.05) is 7.11 Å².